The largest absolute Gasteiger partial charge is 0.328 e. The van der Waals surface area contributed by atoms with Crippen LogP contribution in [0.3, 0.4) is 0 Å². The van der Waals surface area contributed by atoms with E-state index >= 15 is 0 Å². The molecule has 0 aliphatic carbocycles. The molecule has 1 fully saturated rings. The Hall–Kier alpha value is -3.40. The van der Waals surface area contributed by atoms with Gasteiger partial charge in [0.2, 0.25) is 11.8 Å². The first-order valence-corrected chi connectivity index (χ1v) is 9.89. The van der Waals surface area contributed by atoms with Crippen LogP contribution in [0.4, 0.5) is 5.69 Å². The number of piperazine rings is 1. The summed E-state index contributed by atoms with van der Waals surface area (Å²) in [6.07, 6.45) is 0.725. The maximum atomic E-state index is 12.9. The van der Waals surface area contributed by atoms with Crippen molar-refractivity contribution in [2.45, 2.75) is 19.4 Å². The lowest BCUT2D eigenvalue weighted by Crippen LogP contribution is -2.58. The average Bonchev–Trinajstić information content (AvgIpc) is 2.76. The van der Waals surface area contributed by atoms with Crippen LogP contribution in [0.2, 0.25) is 0 Å². The summed E-state index contributed by atoms with van der Waals surface area (Å²) in [5.41, 5.74) is 4.23. The van der Waals surface area contributed by atoms with Gasteiger partial charge in [0.15, 0.2) is 0 Å². The number of benzene rings is 3. The Bertz CT molecular complexity index is 1000. The zero-order valence-corrected chi connectivity index (χ0v) is 16.5. The first kappa shape index (κ1) is 18.9. The van der Waals surface area contributed by atoms with Gasteiger partial charge in [-0.15, -0.1) is 0 Å². The minimum Gasteiger partial charge on any atom is -0.328 e. The van der Waals surface area contributed by atoms with Gasteiger partial charge in [0.25, 0.3) is 0 Å². The van der Waals surface area contributed by atoms with E-state index in [-0.39, 0.29) is 24.4 Å². The highest BCUT2D eigenvalue weighted by Gasteiger charge is 2.34. The molecule has 146 valence electrons. The van der Waals surface area contributed by atoms with Crippen LogP contribution in [0.5, 0.6) is 0 Å². The third-order valence-electron chi connectivity index (χ3n) is 5.42. The predicted octanol–water partition coefficient (Wildman–Crippen LogP) is 4.16. The fraction of sp³-hybridized carbons (Fsp3) is 0.200. The van der Waals surface area contributed by atoms with Crippen molar-refractivity contribution in [2.24, 2.45) is 0 Å². The molecule has 0 radical (unpaired) electrons. The van der Waals surface area contributed by atoms with Crippen LogP contribution < -0.4 is 4.90 Å². The molecule has 1 heterocycles. The van der Waals surface area contributed by atoms with E-state index < -0.39 is 0 Å². The SMILES string of the molecule is CC(=O)N1CC(=O)N(c2cccc(-c3ccccc3)c2)C[C@@H]1Cc1ccccc1. The van der Waals surface area contributed by atoms with Gasteiger partial charge >= 0.3 is 0 Å². The van der Waals surface area contributed by atoms with Gasteiger partial charge in [-0.05, 0) is 35.2 Å². The van der Waals surface area contributed by atoms with E-state index in [2.05, 4.69) is 36.4 Å². The number of hydrogen-bond acceptors (Lipinski definition) is 2. The Morgan fingerprint density at radius 1 is 0.897 bits per heavy atom. The van der Waals surface area contributed by atoms with Crippen molar-refractivity contribution >= 4 is 17.5 Å². The molecule has 4 nitrogen and oxygen atoms in total. The molecule has 0 saturated carbocycles. The first-order valence-electron chi connectivity index (χ1n) is 9.89. The second-order valence-corrected chi connectivity index (χ2v) is 7.41. The van der Waals surface area contributed by atoms with Gasteiger partial charge in [-0.2, -0.15) is 0 Å². The number of carbonyl (C=O) groups excluding carboxylic acids is 2. The van der Waals surface area contributed by atoms with E-state index in [1.807, 2.05) is 53.4 Å². The predicted molar refractivity (Wildman–Crippen MR) is 116 cm³/mol. The molecule has 4 rings (SSSR count). The summed E-state index contributed by atoms with van der Waals surface area (Å²) < 4.78 is 0. The Morgan fingerprint density at radius 2 is 1.55 bits per heavy atom. The molecule has 1 aliphatic heterocycles. The van der Waals surface area contributed by atoms with Crippen LogP contribution in [-0.4, -0.2) is 35.8 Å². The highest BCUT2D eigenvalue weighted by Crippen LogP contribution is 2.27. The van der Waals surface area contributed by atoms with Crippen LogP contribution in [0, 0.1) is 0 Å². The van der Waals surface area contributed by atoms with E-state index in [0.717, 1.165) is 28.8 Å². The average molecular weight is 384 g/mol. The molecular weight excluding hydrogens is 360 g/mol. The van der Waals surface area contributed by atoms with Gasteiger partial charge in [-0.1, -0.05) is 72.8 Å². The lowest BCUT2D eigenvalue weighted by atomic mass is 10.00. The summed E-state index contributed by atoms with van der Waals surface area (Å²) in [6.45, 7) is 2.14. The topological polar surface area (TPSA) is 40.6 Å². The molecule has 29 heavy (non-hydrogen) atoms. The van der Waals surface area contributed by atoms with E-state index in [1.54, 1.807) is 4.90 Å². The summed E-state index contributed by atoms with van der Waals surface area (Å²) in [5, 5.41) is 0. The molecule has 2 amide bonds. The monoisotopic (exact) mass is 384 g/mol. The Balaban J connectivity index is 1.62. The number of hydrogen-bond donors (Lipinski definition) is 0. The third-order valence-corrected chi connectivity index (χ3v) is 5.42. The summed E-state index contributed by atoms with van der Waals surface area (Å²) in [5.74, 6) is -0.105. The summed E-state index contributed by atoms with van der Waals surface area (Å²) in [7, 11) is 0. The van der Waals surface area contributed by atoms with E-state index in [1.165, 1.54) is 6.92 Å². The molecule has 0 spiro atoms. The normalized spacial score (nSPS) is 16.7. The Kier molecular flexibility index (Phi) is 5.43. The maximum absolute atomic E-state index is 12.9. The standard InChI is InChI=1S/C25H24N2O2/c1-19(28)26-18-25(29)27(17-24(26)15-20-9-4-2-5-10-20)23-14-8-13-22(16-23)21-11-6-3-7-12-21/h2-14,16,24H,15,17-18H2,1H3/t24-/m0/s1. The molecule has 3 aromatic rings. The summed E-state index contributed by atoms with van der Waals surface area (Å²) in [6, 6.07) is 28.3. The highest BCUT2D eigenvalue weighted by atomic mass is 16.2. The third kappa shape index (κ3) is 4.21. The fourth-order valence-electron chi connectivity index (χ4n) is 3.93. The molecule has 0 unspecified atom stereocenters. The number of nitrogens with zero attached hydrogens (tertiary/aromatic N) is 2. The second-order valence-electron chi connectivity index (χ2n) is 7.41. The second kappa shape index (κ2) is 8.31. The van der Waals surface area contributed by atoms with E-state index in [9.17, 15) is 9.59 Å². The van der Waals surface area contributed by atoms with Gasteiger partial charge < -0.3 is 9.80 Å². The molecule has 1 atom stereocenters. The maximum Gasteiger partial charge on any atom is 0.246 e. The van der Waals surface area contributed by atoms with Crippen LogP contribution in [0.15, 0.2) is 84.9 Å². The van der Waals surface area contributed by atoms with Crippen molar-refractivity contribution in [3.05, 3.63) is 90.5 Å². The van der Waals surface area contributed by atoms with Crippen LogP contribution in [0.25, 0.3) is 11.1 Å². The molecule has 0 N–H and O–H groups in total. The van der Waals surface area contributed by atoms with Crippen LogP contribution >= 0.6 is 0 Å². The minimum atomic E-state index is -0.0584. The van der Waals surface area contributed by atoms with Crippen molar-refractivity contribution in [1.29, 1.82) is 0 Å². The number of carbonyl (C=O) groups is 2. The molecule has 4 heteroatoms. The summed E-state index contributed by atoms with van der Waals surface area (Å²) in [4.78, 5) is 28.6. The molecule has 1 saturated heterocycles. The van der Waals surface area contributed by atoms with Crippen molar-refractivity contribution in [3.63, 3.8) is 0 Å². The van der Waals surface area contributed by atoms with Crippen LogP contribution in [0.1, 0.15) is 12.5 Å². The van der Waals surface area contributed by atoms with Crippen molar-refractivity contribution in [3.8, 4) is 11.1 Å². The fourth-order valence-corrected chi connectivity index (χ4v) is 3.93. The first-order chi connectivity index (χ1) is 14.1. The van der Waals surface area contributed by atoms with E-state index in [4.69, 9.17) is 0 Å². The quantitative estimate of drug-likeness (QED) is 0.678. The number of amides is 2. The van der Waals surface area contributed by atoms with Gasteiger partial charge in [0.1, 0.15) is 6.54 Å². The van der Waals surface area contributed by atoms with Crippen molar-refractivity contribution in [1.82, 2.24) is 4.90 Å². The van der Waals surface area contributed by atoms with Crippen molar-refractivity contribution < 1.29 is 9.59 Å². The zero-order chi connectivity index (χ0) is 20.2. The van der Waals surface area contributed by atoms with Crippen LogP contribution in [-0.2, 0) is 16.0 Å². The smallest absolute Gasteiger partial charge is 0.246 e. The molecular formula is C25H24N2O2. The molecule has 0 bridgehead atoms. The zero-order valence-electron chi connectivity index (χ0n) is 16.5. The lowest BCUT2D eigenvalue weighted by molar-refractivity contribution is -0.137. The number of anilines is 1. The molecule has 0 aromatic heterocycles. The highest BCUT2D eigenvalue weighted by molar-refractivity contribution is 5.98. The Morgan fingerprint density at radius 3 is 2.24 bits per heavy atom. The van der Waals surface area contributed by atoms with Crippen molar-refractivity contribution in [2.75, 3.05) is 18.0 Å². The molecule has 1 aliphatic rings. The van der Waals surface area contributed by atoms with E-state index in [0.29, 0.717) is 6.54 Å². The van der Waals surface area contributed by atoms with Gasteiger partial charge in [0.05, 0.1) is 6.04 Å². The van der Waals surface area contributed by atoms with Gasteiger partial charge in [-0.25, -0.2) is 0 Å². The van der Waals surface area contributed by atoms with Gasteiger partial charge in [0, 0.05) is 19.2 Å². The minimum absolute atomic E-state index is 0.0466. The number of rotatable bonds is 4. The summed E-state index contributed by atoms with van der Waals surface area (Å²) >= 11 is 0. The molecule has 3 aromatic carbocycles. The van der Waals surface area contributed by atoms with Gasteiger partial charge in [-0.3, -0.25) is 9.59 Å². The lowest BCUT2D eigenvalue weighted by Gasteiger charge is -2.41. The Labute approximate surface area is 171 Å².